The number of imidazole rings is 1. The van der Waals surface area contributed by atoms with E-state index in [1.165, 1.54) is 36.7 Å². The second-order valence-electron chi connectivity index (χ2n) is 12.7. The highest BCUT2D eigenvalue weighted by Gasteiger charge is 2.46. The SMILES string of the molecule is CC(C)N(C[C@H]1O[C@@H](c2c[nH]c3c(N)ncnc23)[C@H](O)[C@@H]1O)C1CC(CCc2nc3ccc(C4CCC4)cc3[nH]2)C1. The maximum atomic E-state index is 11.0. The molecule has 7 rings (SSSR count). The highest BCUT2D eigenvalue weighted by atomic mass is 16.5. The number of aromatic nitrogens is 5. The number of nitrogens with zero attached hydrogens (tertiary/aromatic N) is 4. The Morgan fingerprint density at radius 2 is 1.98 bits per heavy atom. The zero-order valence-corrected chi connectivity index (χ0v) is 23.8. The van der Waals surface area contributed by atoms with Crippen molar-refractivity contribution in [1.82, 2.24) is 29.8 Å². The number of aromatic amines is 2. The minimum Gasteiger partial charge on any atom is -0.388 e. The van der Waals surface area contributed by atoms with Crippen LogP contribution in [0.4, 0.5) is 5.82 Å². The van der Waals surface area contributed by atoms with Crippen molar-refractivity contribution in [3.8, 4) is 0 Å². The predicted molar refractivity (Wildman–Crippen MR) is 157 cm³/mol. The molecule has 1 saturated heterocycles. The largest absolute Gasteiger partial charge is 0.388 e. The molecule has 3 aromatic heterocycles. The smallest absolute Gasteiger partial charge is 0.151 e. The lowest BCUT2D eigenvalue weighted by Gasteiger charge is -2.46. The van der Waals surface area contributed by atoms with Gasteiger partial charge < -0.3 is 30.7 Å². The van der Waals surface area contributed by atoms with Crippen LogP contribution >= 0.6 is 0 Å². The number of ether oxygens (including phenoxy) is 1. The molecule has 3 fully saturated rings. The van der Waals surface area contributed by atoms with Gasteiger partial charge >= 0.3 is 0 Å². The standard InChI is InChI=1S/C31H41N7O3/c1-16(2)38(14-24-28(39)29(40)30(41-24)21-13-33-27-26(21)34-15-35-31(27)32)20-10-17(11-20)6-9-25-36-22-8-7-19(12-23(22)37-25)18-4-3-5-18/h7-8,12-13,15-18,20,24,28-30,33,39-40H,3-6,9-11,14H2,1-2H3,(H,36,37)(H2,32,34,35)/t17?,20?,24-,28-,29-,30+/m1/s1. The summed E-state index contributed by atoms with van der Waals surface area (Å²) >= 11 is 0. The predicted octanol–water partition coefficient (Wildman–Crippen LogP) is 3.97. The molecule has 41 heavy (non-hydrogen) atoms. The Bertz CT molecular complexity index is 1520. The van der Waals surface area contributed by atoms with Crippen LogP contribution in [0.25, 0.3) is 22.1 Å². The molecule has 2 aliphatic carbocycles. The van der Waals surface area contributed by atoms with Crippen molar-refractivity contribution in [3.05, 3.63) is 47.7 Å². The zero-order chi connectivity index (χ0) is 28.2. The molecule has 4 atom stereocenters. The summed E-state index contributed by atoms with van der Waals surface area (Å²) in [5.41, 5.74) is 11.6. The lowest BCUT2D eigenvalue weighted by molar-refractivity contribution is -0.0433. The molecule has 10 heteroatoms. The Labute approximate surface area is 239 Å². The van der Waals surface area contributed by atoms with E-state index in [2.05, 4.69) is 56.9 Å². The van der Waals surface area contributed by atoms with Crippen LogP contribution in [-0.4, -0.2) is 77.0 Å². The average Bonchev–Trinajstić information content (AvgIpc) is 3.58. The summed E-state index contributed by atoms with van der Waals surface area (Å²) in [5, 5.41) is 21.9. The Balaban J connectivity index is 0.953. The van der Waals surface area contributed by atoms with Crippen LogP contribution in [0, 0.1) is 5.92 Å². The van der Waals surface area contributed by atoms with Crippen LogP contribution in [0.15, 0.2) is 30.7 Å². The fraction of sp³-hybridized carbons (Fsp3) is 0.581. The number of aliphatic hydroxyl groups is 2. The first-order valence-corrected chi connectivity index (χ1v) is 15.2. The van der Waals surface area contributed by atoms with Crippen molar-refractivity contribution in [2.45, 2.75) is 101 Å². The molecule has 2 saturated carbocycles. The maximum absolute atomic E-state index is 11.0. The van der Waals surface area contributed by atoms with E-state index >= 15 is 0 Å². The molecule has 6 N–H and O–H groups in total. The van der Waals surface area contributed by atoms with Crippen LogP contribution in [0.2, 0.25) is 0 Å². The van der Waals surface area contributed by atoms with Gasteiger partial charge in [0.2, 0.25) is 0 Å². The number of rotatable bonds is 9. The molecule has 0 amide bonds. The van der Waals surface area contributed by atoms with Gasteiger partial charge in [-0.2, -0.15) is 0 Å². The summed E-state index contributed by atoms with van der Waals surface area (Å²) in [6.07, 6.45) is 8.21. The summed E-state index contributed by atoms with van der Waals surface area (Å²) < 4.78 is 6.30. The Morgan fingerprint density at radius 1 is 1.15 bits per heavy atom. The maximum Gasteiger partial charge on any atom is 0.151 e. The van der Waals surface area contributed by atoms with Crippen molar-refractivity contribution >= 4 is 27.9 Å². The van der Waals surface area contributed by atoms with Gasteiger partial charge in [-0.3, -0.25) is 4.90 Å². The quantitative estimate of drug-likeness (QED) is 0.207. The Kier molecular flexibility index (Phi) is 6.97. The Morgan fingerprint density at radius 3 is 2.73 bits per heavy atom. The van der Waals surface area contributed by atoms with E-state index in [9.17, 15) is 10.2 Å². The number of aliphatic hydroxyl groups excluding tert-OH is 2. The lowest BCUT2D eigenvalue weighted by atomic mass is 9.76. The monoisotopic (exact) mass is 559 g/mol. The van der Waals surface area contributed by atoms with E-state index < -0.39 is 24.4 Å². The third-order valence-electron chi connectivity index (χ3n) is 9.85. The van der Waals surface area contributed by atoms with Gasteiger partial charge in [0.1, 0.15) is 36.0 Å². The van der Waals surface area contributed by atoms with Crippen molar-refractivity contribution in [2.75, 3.05) is 12.3 Å². The van der Waals surface area contributed by atoms with Crippen molar-refractivity contribution < 1.29 is 14.9 Å². The number of fused-ring (bicyclic) bond motifs is 2. The van der Waals surface area contributed by atoms with E-state index in [0.29, 0.717) is 47.0 Å². The van der Waals surface area contributed by atoms with Gasteiger partial charge in [0, 0.05) is 36.8 Å². The molecular formula is C31H41N7O3. The van der Waals surface area contributed by atoms with E-state index in [0.717, 1.165) is 42.9 Å². The first-order chi connectivity index (χ1) is 19.9. The first kappa shape index (κ1) is 26.8. The summed E-state index contributed by atoms with van der Waals surface area (Å²) in [6.45, 7) is 4.94. The molecular weight excluding hydrogens is 518 g/mol. The number of hydrogen-bond donors (Lipinski definition) is 5. The summed E-state index contributed by atoms with van der Waals surface area (Å²) in [5.74, 6) is 2.81. The molecule has 218 valence electrons. The molecule has 0 bridgehead atoms. The van der Waals surface area contributed by atoms with E-state index in [4.69, 9.17) is 15.5 Å². The van der Waals surface area contributed by atoms with Gasteiger partial charge in [0.25, 0.3) is 0 Å². The van der Waals surface area contributed by atoms with Crippen LogP contribution in [0.1, 0.15) is 81.3 Å². The van der Waals surface area contributed by atoms with E-state index in [1.807, 2.05) is 0 Å². The highest BCUT2D eigenvalue weighted by molar-refractivity contribution is 5.87. The van der Waals surface area contributed by atoms with Gasteiger partial charge in [-0.15, -0.1) is 0 Å². The Hall–Kier alpha value is -3.05. The van der Waals surface area contributed by atoms with Crippen LogP contribution < -0.4 is 5.73 Å². The highest BCUT2D eigenvalue weighted by Crippen LogP contribution is 2.41. The number of nitrogens with one attached hydrogen (secondary N) is 2. The van der Waals surface area contributed by atoms with Crippen LogP contribution in [-0.2, 0) is 11.2 Å². The molecule has 4 aromatic rings. The number of anilines is 1. The average molecular weight is 560 g/mol. The number of aryl methyl sites for hydroxylation is 1. The first-order valence-electron chi connectivity index (χ1n) is 15.2. The topological polar surface area (TPSA) is 149 Å². The van der Waals surface area contributed by atoms with Crippen molar-refractivity contribution in [1.29, 1.82) is 0 Å². The molecule has 0 spiro atoms. The fourth-order valence-corrected chi connectivity index (χ4v) is 7.08. The third kappa shape index (κ3) is 4.90. The van der Waals surface area contributed by atoms with E-state index in [-0.39, 0.29) is 0 Å². The van der Waals surface area contributed by atoms with Gasteiger partial charge in [-0.1, -0.05) is 12.5 Å². The molecule has 0 unspecified atom stereocenters. The number of benzene rings is 1. The summed E-state index contributed by atoms with van der Waals surface area (Å²) in [7, 11) is 0. The van der Waals surface area contributed by atoms with Crippen LogP contribution in [0.5, 0.6) is 0 Å². The third-order valence-corrected chi connectivity index (χ3v) is 9.85. The normalized spacial score (nSPS) is 28.6. The number of nitrogen functional groups attached to an aromatic ring is 1. The molecule has 3 aliphatic rings. The van der Waals surface area contributed by atoms with Gasteiger partial charge in [-0.05, 0) is 75.5 Å². The number of hydrogen-bond acceptors (Lipinski definition) is 8. The molecule has 1 aliphatic heterocycles. The zero-order valence-electron chi connectivity index (χ0n) is 23.8. The molecule has 1 aromatic carbocycles. The van der Waals surface area contributed by atoms with E-state index in [1.54, 1.807) is 6.20 Å². The second kappa shape index (κ2) is 10.7. The van der Waals surface area contributed by atoms with Gasteiger partial charge in [0.15, 0.2) is 5.82 Å². The summed E-state index contributed by atoms with van der Waals surface area (Å²) in [4.78, 5) is 22.3. The molecule has 0 radical (unpaired) electrons. The van der Waals surface area contributed by atoms with Crippen molar-refractivity contribution in [2.24, 2.45) is 5.92 Å². The van der Waals surface area contributed by atoms with Gasteiger partial charge in [0.05, 0.1) is 22.7 Å². The van der Waals surface area contributed by atoms with Crippen LogP contribution in [0.3, 0.4) is 0 Å². The lowest BCUT2D eigenvalue weighted by Crippen LogP contribution is -2.52. The molecule has 4 heterocycles. The molecule has 10 nitrogen and oxygen atoms in total. The van der Waals surface area contributed by atoms with Crippen molar-refractivity contribution in [3.63, 3.8) is 0 Å². The second-order valence-corrected chi connectivity index (χ2v) is 12.7. The summed E-state index contributed by atoms with van der Waals surface area (Å²) in [6, 6.07) is 7.47. The number of nitrogens with two attached hydrogens (primary N) is 1. The minimum atomic E-state index is -1.05. The minimum absolute atomic E-state index is 0.300. The fourth-order valence-electron chi connectivity index (χ4n) is 7.08. The number of H-pyrrole nitrogens is 2. The van der Waals surface area contributed by atoms with Gasteiger partial charge in [-0.25, -0.2) is 15.0 Å².